The van der Waals surface area contributed by atoms with E-state index in [2.05, 4.69) is 0 Å². The first-order chi connectivity index (χ1) is 8.53. The predicted octanol–water partition coefficient (Wildman–Crippen LogP) is 4.31. The number of halogens is 7. The summed E-state index contributed by atoms with van der Waals surface area (Å²) in [7, 11) is 0. The maximum atomic E-state index is 13.0. The maximum Gasteiger partial charge on any atom is 0.425 e. The van der Waals surface area contributed by atoms with Crippen LogP contribution in [-0.2, 0) is 4.79 Å². The Hall–Kier alpha value is -0.470. The van der Waals surface area contributed by atoms with Gasteiger partial charge in [0.15, 0.2) is 11.3 Å². The van der Waals surface area contributed by atoms with Crippen LogP contribution in [0.25, 0.3) is 0 Å². The average Bonchev–Trinajstić information content (AvgIpc) is 2.31. The number of hydrogen-bond acceptors (Lipinski definition) is 2. The summed E-state index contributed by atoms with van der Waals surface area (Å²) < 4.78 is 86.4. The van der Waals surface area contributed by atoms with Crippen LogP contribution in [0.1, 0.15) is 26.2 Å². The second-order valence-corrected chi connectivity index (χ2v) is 4.91. The van der Waals surface area contributed by atoms with Crippen molar-refractivity contribution in [3.8, 4) is 0 Å². The predicted molar refractivity (Wildman–Crippen MR) is 57.8 cm³/mol. The van der Waals surface area contributed by atoms with E-state index in [9.17, 15) is 35.5 Å². The fraction of sp³-hybridized carbons (Fsp3) is 0.900. The summed E-state index contributed by atoms with van der Waals surface area (Å²) >= 11 is 0.777. The van der Waals surface area contributed by atoms with Crippen molar-refractivity contribution in [2.45, 2.75) is 50.6 Å². The zero-order valence-corrected chi connectivity index (χ0v) is 10.8. The van der Waals surface area contributed by atoms with Crippen molar-refractivity contribution in [2.75, 3.05) is 5.75 Å². The first-order valence-corrected chi connectivity index (χ1v) is 6.40. The van der Waals surface area contributed by atoms with Crippen LogP contribution in [0.4, 0.5) is 30.7 Å². The van der Waals surface area contributed by atoms with Crippen LogP contribution in [0.5, 0.6) is 0 Å². The van der Waals surface area contributed by atoms with E-state index in [1.54, 1.807) is 6.92 Å². The molecule has 0 aliphatic heterocycles. The standard InChI is InChI=1S/C10H13F7OS/c1-2-7(18)19-5-3-4-6(11)9(13,14)8(12)10(15,16)17/h6,8H,2-5H2,1H3. The summed E-state index contributed by atoms with van der Waals surface area (Å²) in [6.45, 7) is 1.57. The fourth-order valence-corrected chi connectivity index (χ4v) is 1.86. The van der Waals surface area contributed by atoms with Crippen molar-refractivity contribution in [1.29, 1.82) is 0 Å². The Kier molecular flexibility index (Phi) is 7.17. The molecule has 0 saturated heterocycles. The molecule has 0 rings (SSSR count). The topological polar surface area (TPSA) is 17.1 Å². The normalized spacial score (nSPS) is 16.2. The Balaban J connectivity index is 4.25. The molecule has 9 heteroatoms. The van der Waals surface area contributed by atoms with Gasteiger partial charge in [-0.2, -0.15) is 22.0 Å². The van der Waals surface area contributed by atoms with Gasteiger partial charge < -0.3 is 0 Å². The Labute approximate surface area is 109 Å². The second-order valence-electron chi connectivity index (χ2n) is 3.76. The lowest BCUT2D eigenvalue weighted by atomic mass is 10.0. The highest BCUT2D eigenvalue weighted by Gasteiger charge is 2.60. The highest BCUT2D eigenvalue weighted by molar-refractivity contribution is 8.13. The quantitative estimate of drug-likeness (QED) is 0.514. The van der Waals surface area contributed by atoms with Crippen molar-refractivity contribution in [1.82, 2.24) is 0 Å². The third-order valence-electron chi connectivity index (χ3n) is 2.20. The molecule has 0 amide bonds. The number of thioether (sulfide) groups is 1. The molecule has 0 N–H and O–H groups in total. The molecule has 0 aliphatic carbocycles. The lowest BCUT2D eigenvalue weighted by Crippen LogP contribution is -2.47. The highest BCUT2D eigenvalue weighted by atomic mass is 32.2. The van der Waals surface area contributed by atoms with Gasteiger partial charge in [-0.05, 0) is 12.8 Å². The Morgan fingerprint density at radius 1 is 1.16 bits per heavy atom. The van der Waals surface area contributed by atoms with E-state index in [1.807, 2.05) is 0 Å². The second kappa shape index (κ2) is 7.35. The third kappa shape index (κ3) is 6.01. The molecule has 19 heavy (non-hydrogen) atoms. The first kappa shape index (κ1) is 18.5. The van der Waals surface area contributed by atoms with Gasteiger partial charge >= 0.3 is 12.1 Å². The van der Waals surface area contributed by atoms with Gasteiger partial charge in [-0.15, -0.1) is 0 Å². The van der Waals surface area contributed by atoms with Crippen molar-refractivity contribution < 1.29 is 35.5 Å². The molecule has 2 unspecified atom stereocenters. The fourth-order valence-electron chi connectivity index (χ4n) is 1.12. The minimum absolute atomic E-state index is 0.00609. The Bertz CT molecular complexity index is 292. The largest absolute Gasteiger partial charge is 0.425 e. The summed E-state index contributed by atoms with van der Waals surface area (Å²) in [5.74, 6) is -5.11. The summed E-state index contributed by atoms with van der Waals surface area (Å²) in [6.07, 6.45) is -14.5. The Morgan fingerprint density at radius 2 is 1.68 bits per heavy atom. The van der Waals surface area contributed by atoms with Gasteiger partial charge in [-0.25, -0.2) is 8.78 Å². The average molecular weight is 314 g/mol. The number of hydrogen-bond donors (Lipinski definition) is 0. The van der Waals surface area contributed by atoms with Gasteiger partial charge in [0.05, 0.1) is 0 Å². The highest BCUT2D eigenvalue weighted by Crippen LogP contribution is 2.39. The molecule has 0 aliphatic rings. The van der Waals surface area contributed by atoms with E-state index < -0.39 is 30.9 Å². The van der Waals surface area contributed by atoms with Gasteiger partial charge in [0.1, 0.15) is 0 Å². The van der Waals surface area contributed by atoms with Gasteiger partial charge in [-0.3, -0.25) is 4.79 Å². The van der Waals surface area contributed by atoms with Crippen LogP contribution in [-0.4, -0.2) is 35.3 Å². The molecule has 0 spiro atoms. The molecular weight excluding hydrogens is 301 g/mol. The van der Waals surface area contributed by atoms with Crippen molar-refractivity contribution in [3.05, 3.63) is 0 Å². The molecule has 0 aromatic rings. The minimum atomic E-state index is -5.80. The summed E-state index contributed by atoms with van der Waals surface area (Å²) in [6, 6.07) is 0. The lowest BCUT2D eigenvalue weighted by molar-refractivity contribution is -0.259. The van der Waals surface area contributed by atoms with Crippen molar-refractivity contribution >= 4 is 16.9 Å². The molecule has 0 fully saturated rings. The number of carbonyl (C=O) groups is 1. The number of rotatable bonds is 7. The smallest absolute Gasteiger partial charge is 0.287 e. The van der Waals surface area contributed by atoms with Crippen molar-refractivity contribution in [3.63, 3.8) is 0 Å². The summed E-state index contributed by atoms with van der Waals surface area (Å²) in [4.78, 5) is 10.8. The van der Waals surface area contributed by atoms with E-state index in [0.29, 0.717) is 0 Å². The molecule has 0 bridgehead atoms. The molecule has 0 radical (unpaired) electrons. The molecule has 114 valence electrons. The molecular formula is C10H13F7OS. The monoisotopic (exact) mass is 314 g/mol. The van der Waals surface area contributed by atoms with Crippen LogP contribution >= 0.6 is 11.8 Å². The zero-order chi connectivity index (χ0) is 15.3. The summed E-state index contributed by atoms with van der Waals surface area (Å²) in [5.41, 5.74) is 0. The summed E-state index contributed by atoms with van der Waals surface area (Å²) in [5, 5.41) is -0.235. The maximum absolute atomic E-state index is 13.0. The zero-order valence-electron chi connectivity index (χ0n) is 9.95. The van der Waals surface area contributed by atoms with E-state index in [0.717, 1.165) is 11.8 Å². The molecule has 0 saturated carbocycles. The van der Waals surface area contributed by atoms with Crippen molar-refractivity contribution in [2.24, 2.45) is 0 Å². The number of carbonyl (C=O) groups excluding carboxylic acids is 1. The minimum Gasteiger partial charge on any atom is -0.287 e. The van der Waals surface area contributed by atoms with E-state index >= 15 is 0 Å². The lowest BCUT2D eigenvalue weighted by Gasteiger charge is -2.25. The molecule has 0 aromatic carbocycles. The van der Waals surface area contributed by atoms with Gasteiger partial charge in [0.2, 0.25) is 0 Å². The molecule has 0 heterocycles. The molecule has 0 aromatic heterocycles. The first-order valence-electron chi connectivity index (χ1n) is 5.41. The van der Waals surface area contributed by atoms with Gasteiger partial charge in [0, 0.05) is 12.2 Å². The van der Waals surface area contributed by atoms with Crippen LogP contribution in [0.3, 0.4) is 0 Å². The van der Waals surface area contributed by atoms with E-state index in [4.69, 9.17) is 0 Å². The van der Waals surface area contributed by atoms with Crippen LogP contribution < -0.4 is 0 Å². The SMILES string of the molecule is CCC(=O)SCCCC(F)C(F)(F)C(F)C(F)(F)F. The van der Waals surface area contributed by atoms with E-state index in [-0.39, 0.29) is 23.7 Å². The third-order valence-corrected chi connectivity index (χ3v) is 3.30. The van der Waals surface area contributed by atoms with Crippen LogP contribution in [0.2, 0.25) is 0 Å². The molecule has 2 atom stereocenters. The Morgan fingerprint density at radius 3 is 2.11 bits per heavy atom. The van der Waals surface area contributed by atoms with E-state index in [1.165, 1.54) is 0 Å². The van der Waals surface area contributed by atoms with Crippen LogP contribution in [0.15, 0.2) is 0 Å². The van der Waals surface area contributed by atoms with Gasteiger partial charge in [-0.1, -0.05) is 18.7 Å². The van der Waals surface area contributed by atoms with Crippen LogP contribution in [0, 0.1) is 0 Å². The number of alkyl halides is 7. The molecule has 1 nitrogen and oxygen atoms in total. The van der Waals surface area contributed by atoms with Gasteiger partial charge in [0.25, 0.3) is 6.17 Å².